The zero-order valence-corrected chi connectivity index (χ0v) is 19.0. The lowest BCUT2D eigenvalue weighted by molar-refractivity contribution is -0.121. The summed E-state index contributed by atoms with van der Waals surface area (Å²) in [4.78, 5) is 24.8. The number of rotatable bonds is 5. The molecule has 1 saturated heterocycles. The van der Waals surface area contributed by atoms with E-state index in [0.717, 1.165) is 5.56 Å². The molecule has 0 saturated carbocycles. The zero-order valence-electron chi connectivity index (χ0n) is 19.0. The number of amides is 1. The fourth-order valence-corrected chi connectivity index (χ4v) is 4.37. The first-order chi connectivity index (χ1) is 16.5. The molecular weight excluding hydrogens is 434 g/mol. The highest BCUT2D eigenvalue weighted by Crippen LogP contribution is 2.33. The maximum absolute atomic E-state index is 13.2. The van der Waals surface area contributed by atoms with Crippen molar-refractivity contribution in [1.29, 1.82) is 5.26 Å². The second-order valence-electron chi connectivity index (χ2n) is 8.55. The minimum Gasteiger partial charge on any atom is -0.454 e. The van der Waals surface area contributed by atoms with E-state index in [0.29, 0.717) is 47.1 Å². The molecule has 0 spiro atoms. The van der Waals surface area contributed by atoms with Gasteiger partial charge in [-0.2, -0.15) is 5.26 Å². The third-order valence-electron chi connectivity index (χ3n) is 5.87. The van der Waals surface area contributed by atoms with Crippen molar-refractivity contribution in [2.75, 3.05) is 24.8 Å². The number of morpholine rings is 1. The molecule has 34 heavy (non-hydrogen) atoms. The van der Waals surface area contributed by atoms with Gasteiger partial charge in [0.1, 0.15) is 5.69 Å². The van der Waals surface area contributed by atoms with Crippen LogP contribution in [0.3, 0.4) is 0 Å². The topological polar surface area (TPSA) is 110 Å². The quantitative estimate of drug-likeness (QED) is 0.620. The Hall–Kier alpha value is -3.90. The highest BCUT2D eigenvalue weighted by atomic mass is 16.7. The SMILES string of the molecule is C[C@@H]1CN(c2nc3ccccc3nc2[C@H](C#N)C(=O)NCc2ccc3c(c2)OCO3)C[C@@H](C)O1. The van der Waals surface area contributed by atoms with Gasteiger partial charge in [-0.05, 0) is 43.7 Å². The van der Waals surface area contributed by atoms with Crippen LogP contribution in [0.5, 0.6) is 11.5 Å². The van der Waals surface area contributed by atoms with Crippen molar-refractivity contribution in [2.24, 2.45) is 0 Å². The lowest BCUT2D eigenvalue weighted by atomic mass is 10.0. The summed E-state index contributed by atoms with van der Waals surface area (Å²) in [7, 11) is 0. The summed E-state index contributed by atoms with van der Waals surface area (Å²) in [6.45, 7) is 5.62. The van der Waals surface area contributed by atoms with Gasteiger partial charge in [-0.25, -0.2) is 9.97 Å². The molecule has 9 nitrogen and oxygen atoms in total. The van der Waals surface area contributed by atoms with Gasteiger partial charge in [0.05, 0.1) is 29.3 Å². The van der Waals surface area contributed by atoms with E-state index in [9.17, 15) is 10.1 Å². The van der Waals surface area contributed by atoms with E-state index in [-0.39, 0.29) is 25.5 Å². The van der Waals surface area contributed by atoms with E-state index in [1.54, 1.807) is 6.07 Å². The number of aromatic nitrogens is 2. The minimum absolute atomic E-state index is 0.00904. The molecule has 0 aliphatic carbocycles. The molecule has 174 valence electrons. The molecule has 2 aliphatic heterocycles. The van der Waals surface area contributed by atoms with E-state index in [4.69, 9.17) is 24.2 Å². The van der Waals surface area contributed by atoms with Gasteiger partial charge in [-0.1, -0.05) is 18.2 Å². The zero-order chi connectivity index (χ0) is 23.7. The maximum atomic E-state index is 13.2. The van der Waals surface area contributed by atoms with Crippen LogP contribution in [0, 0.1) is 11.3 Å². The Bertz CT molecular complexity index is 1260. The number of anilines is 1. The molecule has 1 aromatic heterocycles. The molecule has 3 heterocycles. The van der Waals surface area contributed by atoms with Crippen LogP contribution in [0.4, 0.5) is 5.82 Å². The van der Waals surface area contributed by atoms with Gasteiger partial charge < -0.3 is 24.4 Å². The Balaban J connectivity index is 1.44. The molecule has 5 rings (SSSR count). The van der Waals surface area contributed by atoms with Gasteiger partial charge in [-0.3, -0.25) is 4.79 Å². The number of nitrogens with zero attached hydrogens (tertiary/aromatic N) is 4. The lowest BCUT2D eigenvalue weighted by Crippen LogP contribution is -2.46. The first-order valence-corrected chi connectivity index (χ1v) is 11.2. The van der Waals surface area contributed by atoms with E-state index >= 15 is 0 Å². The third-order valence-corrected chi connectivity index (χ3v) is 5.87. The lowest BCUT2D eigenvalue weighted by Gasteiger charge is -2.37. The number of fused-ring (bicyclic) bond motifs is 2. The van der Waals surface area contributed by atoms with Crippen molar-refractivity contribution in [3.05, 3.63) is 53.7 Å². The number of nitriles is 1. The summed E-state index contributed by atoms with van der Waals surface area (Å²) < 4.78 is 16.6. The Morgan fingerprint density at radius 3 is 2.56 bits per heavy atom. The molecule has 1 N–H and O–H groups in total. The molecule has 2 aliphatic rings. The second kappa shape index (κ2) is 9.15. The van der Waals surface area contributed by atoms with Crippen LogP contribution in [-0.2, 0) is 16.1 Å². The van der Waals surface area contributed by atoms with Gasteiger partial charge in [-0.15, -0.1) is 0 Å². The third kappa shape index (κ3) is 4.32. The van der Waals surface area contributed by atoms with Gasteiger partial charge >= 0.3 is 0 Å². The van der Waals surface area contributed by atoms with Crippen LogP contribution in [0.15, 0.2) is 42.5 Å². The molecule has 0 radical (unpaired) electrons. The standard InChI is InChI=1S/C25H25N5O4/c1-15-12-30(13-16(2)34-15)24-23(28-19-5-3-4-6-20(19)29-24)18(10-26)25(31)27-11-17-7-8-21-22(9-17)33-14-32-21/h3-9,15-16,18H,11-14H2,1-2H3,(H,27,31)/t15-,16-,18+/m1/s1. The van der Waals surface area contributed by atoms with Gasteiger partial charge in [0.2, 0.25) is 12.7 Å². The summed E-state index contributed by atoms with van der Waals surface area (Å²) in [6, 6.07) is 15.1. The second-order valence-corrected chi connectivity index (χ2v) is 8.55. The molecule has 3 atom stereocenters. The summed E-state index contributed by atoms with van der Waals surface area (Å²) in [5.41, 5.74) is 2.55. The number of hydrogen-bond donors (Lipinski definition) is 1. The first-order valence-electron chi connectivity index (χ1n) is 11.2. The van der Waals surface area contributed by atoms with Crippen LogP contribution in [-0.4, -0.2) is 48.0 Å². The van der Waals surface area contributed by atoms with Crippen LogP contribution < -0.4 is 19.7 Å². The van der Waals surface area contributed by atoms with Crippen molar-refractivity contribution in [3.8, 4) is 17.6 Å². The predicted octanol–water partition coefficient (Wildman–Crippen LogP) is 2.90. The average Bonchev–Trinajstić information content (AvgIpc) is 3.30. The number of ether oxygens (including phenoxy) is 3. The van der Waals surface area contributed by atoms with Crippen molar-refractivity contribution in [1.82, 2.24) is 15.3 Å². The highest BCUT2D eigenvalue weighted by molar-refractivity contribution is 5.88. The fourth-order valence-electron chi connectivity index (χ4n) is 4.37. The first kappa shape index (κ1) is 21.9. The molecular formula is C25H25N5O4. The minimum atomic E-state index is -1.12. The maximum Gasteiger partial charge on any atom is 0.243 e. The Morgan fingerprint density at radius 1 is 1.12 bits per heavy atom. The number of nitrogens with one attached hydrogen (secondary N) is 1. The van der Waals surface area contributed by atoms with Gasteiger partial charge in [0.25, 0.3) is 0 Å². The summed E-state index contributed by atoms with van der Waals surface area (Å²) >= 11 is 0. The van der Waals surface area contributed by atoms with Crippen LogP contribution in [0.1, 0.15) is 31.0 Å². The van der Waals surface area contributed by atoms with Crippen molar-refractivity contribution in [3.63, 3.8) is 0 Å². The smallest absolute Gasteiger partial charge is 0.243 e. The predicted molar refractivity (Wildman–Crippen MR) is 125 cm³/mol. The molecule has 2 aromatic carbocycles. The number of para-hydroxylation sites is 2. The van der Waals surface area contributed by atoms with Crippen molar-refractivity contribution < 1.29 is 19.0 Å². The number of carbonyl (C=O) groups is 1. The van der Waals surface area contributed by atoms with Gasteiger partial charge in [0.15, 0.2) is 23.2 Å². The summed E-state index contributed by atoms with van der Waals surface area (Å²) in [5.74, 6) is 0.317. The molecule has 9 heteroatoms. The monoisotopic (exact) mass is 459 g/mol. The summed E-state index contributed by atoms with van der Waals surface area (Å²) in [6.07, 6.45) is -0.0181. The average molecular weight is 460 g/mol. The van der Waals surface area contributed by atoms with E-state index in [1.165, 1.54) is 0 Å². The van der Waals surface area contributed by atoms with Crippen molar-refractivity contribution >= 4 is 22.8 Å². The Morgan fingerprint density at radius 2 is 1.82 bits per heavy atom. The Labute approximate surface area is 197 Å². The fraction of sp³-hybridized carbons (Fsp3) is 0.360. The molecule has 3 aromatic rings. The van der Waals surface area contributed by atoms with Crippen LogP contribution in [0.2, 0.25) is 0 Å². The molecule has 0 unspecified atom stereocenters. The normalized spacial score (nSPS) is 20.1. The molecule has 1 fully saturated rings. The summed E-state index contributed by atoms with van der Waals surface area (Å²) in [5, 5.41) is 12.9. The van der Waals surface area contributed by atoms with E-state index in [1.807, 2.05) is 50.2 Å². The van der Waals surface area contributed by atoms with E-state index in [2.05, 4.69) is 16.3 Å². The Kier molecular flexibility index (Phi) is 5.90. The van der Waals surface area contributed by atoms with Crippen LogP contribution >= 0.6 is 0 Å². The largest absolute Gasteiger partial charge is 0.454 e. The van der Waals surface area contributed by atoms with Gasteiger partial charge in [0, 0.05) is 19.6 Å². The number of benzene rings is 2. The van der Waals surface area contributed by atoms with Crippen LogP contribution in [0.25, 0.3) is 11.0 Å². The molecule has 0 bridgehead atoms. The van der Waals surface area contributed by atoms with E-state index < -0.39 is 11.8 Å². The number of hydrogen-bond acceptors (Lipinski definition) is 8. The molecule has 1 amide bonds. The highest BCUT2D eigenvalue weighted by Gasteiger charge is 2.32. The van der Waals surface area contributed by atoms with Crippen molar-refractivity contribution in [2.45, 2.75) is 38.5 Å². The number of carbonyl (C=O) groups excluding carboxylic acids is 1.